The van der Waals surface area contributed by atoms with Crippen LogP contribution in [0.3, 0.4) is 0 Å². The highest BCUT2D eigenvalue weighted by Gasteiger charge is 2.23. The normalized spacial score (nSPS) is 10.7. The molecule has 0 fully saturated rings. The zero-order valence-corrected chi connectivity index (χ0v) is 10.6. The van der Waals surface area contributed by atoms with Crippen LogP contribution in [0.25, 0.3) is 17.1 Å². The first kappa shape index (κ1) is 12.2. The molecule has 0 spiro atoms. The number of carboxylic acid groups (broad SMARTS) is 1. The Balaban J connectivity index is 2.24. The first-order chi connectivity index (χ1) is 9.66. The summed E-state index contributed by atoms with van der Waals surface area (Å²) in [6.45, 7) is 1.95. The van der Waals surface area contributed by atoms with Gasteiger partial charge in [-0.3, -0.25) is 0 Å². The lowest BCUT2D eigenvalue weighted by atomic mass is 10.2. The van der Waals surface area contributed by atoms with Crippen LogP contribution in [-0.4, -0.2) is 26.1 Å². The van der Waals surface area contributed by atoms with Crippen LogP contribution in [0, 0.1) is 6.92 Å². The number of carboxylic acids is 1. The van der Waals surface area contributed by atoms with Gasteiger partial charge in [0.2, 0.25) is 5.69 Å². The van der Waals surface area contributed by atoms with Gasteiger partial charge in [-0.2, -0.15) is 0 Å². The van der Waals surface area contributed by atoms with Crippen molar-refractivity contribution in [3.63, 3.8) is 0 Å². The highest BCUT2D eigenvalue weighted by Crippen LogP contribution is 2.25. The van der Waals surface area contributed by atoms with E-state index in [-0.39, 0.29) is 5.69 Å². The summed E-state index contributed by atoms with van der Waals surface area (Å²) < 4.78 is 6.76. The maximum absolute atomic E-state index is 11.3. The molecule has 1 aromatic carbocycles. The number of aryl methyl sites for hydroxylation is 1. The summed E-state index contributed by atoms with van der Waals surface area (Å²) in [5.74, 6) is -0.732. The quantitative estimate of drug-likeness (QED) is 0.790. The van der Waals surface area contributed by atoms with E-state index in [1.165, 1.54) is 10.9 Å². The molecule has 1 N–H and O–H groups in total. The van der Waals surface area contributed by atoms with Crippen molar-refractivity contribution in [1.29, 1.82) is 0 Å². The van der Waals surface area contributed by atoms with Gasteiger partial charge in [0.25, 0.3) is 0 Å². The van der Waals surface area contributed by atoms with Crippen molar-refractivity contribution in [1.82, 2.24) is 15.0 Å². The number of furan rings is 1. The fourth-order valence-electron chi connectivity index (χ4n) is 2.00. The van der Waals surface area contributed by atoms with Crippen molar-refractivity contribution in [2.45, 2.75) is 6.92 Å². The Morgan fingerprint density at radius 1 is 1.30 bits per heavy atom. The summed E-state index contributed by atoms with van der Waals surface area (Å²) in [7, 11) is 0. The molecule has 2 heterocycles. The second-order valence-electron chi connectivity index (χ2n) is 4.32. The Hall–Kier alpha value is -2.89. The molecule has 100 valence electrons. The van der Waals surface area contributed by atoms with Crippen LogP contribution in [0.15, 0.2) is 47.1 Å². The third-order valence-electron chi connectivity index (χ3n) is 2.87. The second-order valence-corrected chi connectivity index (χ2v) is 4.32. The number of aromatic carboxylic acids is 1. The number of rotatable bonds is 3. The number of aromatic nitrogens is 3. The average Bonchev–Trinajstić information content (AvgIpc) is 3.07. The largest absolute Gasteiger partial charge is 0.476 e. The van der Waals surface area contributed by atoms with Gasteiger partial charge in [-0.05, 0) is 36.8 Å². The molecule has 0 aliphatic heterocycles. The molecule has 0 amide bonds. The Morgan fingerprint density at radius 3 is 2.80 bits per heavy atom. The van der Waals surface area contributed by atoms with E-state index in [0.717, 1.165) is 11.3 Å². The van der Waals surface area contributed by atoms with Gasteiger partial charge >= 0.3 is 5.97 Å². The van der Waals surface area contributed by atoms with Gasteiger partial charge in [0.15, 0.2) is 5.76 Å². The van der Waals surface area contributed by atoms with Crippen LogP contribution in [0.1, 0.15) is 16.1 Å². The van der Waals surface area contributed by atoms with Gasteiger partial charge in [0.05, 0.1) is 12.0 Å². The summed E-state index contributed by atoms with van der Waals surface area (Å²) in [6, 6.07) is 10.9. The van der Waals surface area contributed by atoms with E-state index in [9.17, 15) is 9.90 Å². The Morgan fingerprint density at radius 2 is 2.15 bits per heavy atom. The summed E-state index contributed by atoms with van der Waals surface area (Å²) >= 11 is 0. The predicted octanol–water partition coefficient (Wildman–Crippen LogP) is 2.53. The molecule has 6 nitrogen and oxygen atoms in total. The highest BCUT2D eigenvalue weighted by molar-refractivity contribution is 5.92. The third-order valence-corrected chi connectivity index (χ3v) is 2.87. The van der Waals surface area contributed by atoms with E-state index in [2.05, 4.69) is 10.3 Å². The van der Waals surface area contributed by atoms with E-state index in [1.807, 2.05) is 31.2 Å². The fraction of sp³-hybridized carbons (Fsp3) is 0.0714. The minimum Gasteiger partial charge on any atom is -0.476 e. The molecule has 0 unspecified atom stereocenters. The van der Waals surface area contributed by atoms with Crippen molar-refractivity contribution in [2.75, 3.05) is 0 Å². The van der Waals surface area contributed by atoms with Gasteiger partial charge in [-0.25, -0.2) is 9.48 Å². The fourth-order valence-corrected chi connectivity index (χ4v) is 2.00. The van der Waals surface area contributed by atoms with Crippen molar-refractivity contribution in [3.8, 4) is 17.1 Å². The Bertz CT molecular complexity index is 760. The van der Waals surface area contributed by atoms with Crippen molar-refractivity contribution in [2.24, 2.45) is 0 Å². The summed E-state index contributed by atoms with van der Waals surface area (Å²) in [5, 5.41) is 16.9. The molecule has 0 bridgehead atoms. The van der Waals surface area contributed by atoms with Crippen LogP contribution in [0.4, 0.5) is 0 Å². The van der Waals surface area contributed by atoms with E-state index >= 15 is 0 Å². The molecule has 20 heavy (non-hydrogen) atoms. The lowest BCUT2D eigenvalue weighted by Gasteiger charge is -2.05. The summed E-state index contributed by atoms with van der Waals surface area (Å²) in [4.78, 5) is 11.3. The van der Waals surface area contributed by atoms with Gasteiger partial charge in [0, 0.05) is 0 Å². The molecule has 0 aliphatic carbocycles. The molecule has 6 heteroatoms. The minimum absolute atomic E-state index is 0.138. The molecular weight excluding hydrogens is 258 g/mol. The van der Waals surface area contributed by atoms with E-state index in [1.54, 1.807) is 12.1 Å². The second kappa shape index (κ2) is 4.65. The van der Waals surface area contributed by atoms with Crippen LogP contribution in [0.2, 0.25) is 0 Å². The Kier molecular flexibility index (Phi) is 2.83. The summed E-state index contributed by atoms with van der Waals surface area (Å²) in [5.41, 5.74) is 1.96. The SMILES string of the molecule is Cc1cccc(-n2nnc(C(=O)O)c2-c2ccco2)c1. The lowest BCUT2D eigenvalue weighted by molar-refractivity contribution is 0.0691. The molecule has 0 saturated heterocycles. The van der Waals surface area contributed by atoms with E-state index in [0.29, 0.717) is 11.5 Å². The summed E-state index contributed by atoms with van der Waals surface area (Å²) in [6.07, 6.45) is 1.48. The molecule has 0 radical (unpaired) electrons. The van der Waals surface area contributed by atoms with Crippen LogP contribution in [0.5, 0.6) is 0 Å². The van der Waals surface area contributed by atoms with Crippen molar-refractivity contribution >= 4 is 5.97 Å². The highest BCUT2D eigenvalue weighted by atomic mass is 16.4. The number of nitrogens with zero attached hydrogens (tertiary/aromatic N) is 3. The van der Waals surface area contributed by atoms with Crippen molar-refractivity contribution in [3.05, 3.63) is 53.9 Å². The predicted molar refractivity (Wildman–Crippen MR) is 70.8 cm³/mol. The number of hydrogen-bond donors (Lipinski definition) is 1. The van der Waals surface area contributed by atoms with Gasteiger partial charge < -0.3 is 9.52 Å². The first-order valence-corrected chi connectivity index (χ1v) is 5.97. The average molecular weight is 269 g/mol. The van der Waals surface area contributed by atoms with Crippen LogP contribution in [-0.2, 0) is 0 Å². The third kappa shape index (κ3) is 1.97. The number of benzene rings is 1. The van der Waals surface area contributed by atoms with E-state index < -0.39 is 5.97 Å². The maximum Gasteiger partial charge on any atom is 0.358 e. The van der Waals surface area contributed by atoms with Crippen LogP contribution >= 0.6 is 0 Å². The molecule has 3 aromatic rings. The molecule has 0 atom stereocenters. The maximum atomic E-state index is 11.3. The molecule has 3 rings (SSSR count). The van der Waals surface area contributed by atoms with Crippen molar-refractivity contribution < 1.29 is 14.3 Å². The molecule has 0 aliphatic rings. The van der Waals surface area contributed by atoms with Gasteiger partial charge in [-0.1, -0.05) is 17.3 Å². The monoisotopic (exact) mass is 269 g/mol. The van der Waals surface area contributed by atoms with Crippen LogP contribution < -0.4 is 0 Å². The molecule has 0 saturated carbocycles. The number of carbonyl (C=O) groups is 1. The zero-order chi connectivity index (χ0) is 14.1. The van der Waals surface area contributed by atoms with Gasteiger partial charge in [0.1, 0.15) is 5.69 Å². The minimum atomic E-state index is -1.14. The molecule has 2 aromatic heterocycles. The molecular formula is C14H11N3O3. The van der Waals surface area contributed by atoms with E-state index in [4.69, 9.17) is 4.42 Å². The number of hydrogen-bond acceptors (Lipinski definition) is 4. The topological polar surface area (TPSA) is 81.2 Å². The Labute approximate surface area is 114 Å². The first-order valence-electron chi connectivity index (χ1n) is 5.97. The lowest BCUT2D eigenvalue weighted by Crippen LogP contribution is -2.02. The zero-order valence-electron chi connectivity index (χ0n) is 10.6. The van der Waals surface area contributed by atoms with Gasteiger partial charge in [-0.15, -0.1) is 5.10 Å². The smallest absolute Gasteiger partial charge is 0.358 e. The standard InChI is InChI=1S/C14H11N3O3/c1-9-4-2-5-10(8-9)17-13(11-6-3-7-20-11)12(14(18)19)15-16-17/h2-8H,1H3,(H,18,19).